The summed E-state index contributed by atoms with van der Waals surface area (Å²) in [6.07, 6.45) is 1.94. The Balaban J connectivity index is 1.81. The van der Waals surface area contributed by atoms with E-state index in [1.165, 1.54) is 5.56 Å². The third-order valence-electron chi connectivity index (χ3n) is 4.74. The van der Waals surface area contributed by atoms with E-state index in [-0.39, 0.29) is 11.4 Å². The minimum absolute atomic E-state index is 0.222. The lowest BCUT2D eigenvalue weighted by Crippen LogP contribution is -2.56. The summed E-state index contributed by atoms with van der Waals surface area (Å²) in [6, 6.07) is 10.5. The van der Waals surface area contributed by atoms with Gasteiger partial charge in [-0.15, -0.1) is 0 Å². The number of hydrogen-bond donors (Lipinski definition) is 2. The quantitative estimate of drug-likeness (QED) is 0.859. The Morgan fingerprint density at radius 2 is 2.05 bits per heavy atom. The summed E-state index contributed by atoms with van der Waals surface area (Å²) >= 11 is 0. The zero-order valence-corrected chi connectivity index (χ0v) is 12.8. The molecule has 2 fully saturated rings. The molecule has 3 rings (SSSR count). The molecule has 0 spiro atoms. The number of carbonyl (C=O) groups is 1. The maximum atomic E-state index is 12.8. The molecule has 2 unspecified atom stereocenters. The van der Waals surface area contributed by atoms with Gasteiger partial charge in [-0.3, -0.25) is 9.69 Å². The molecule has 4 heteroatoms. The number of amides is 1. The highest BCUT2D eigenvalue weighted by Gasteiger charge is 2.63. The predicted molar refractivity (Wildman–Crippen MR) is 84.3 cm³/mol. The van der Waals surface area contributed by atoms with E-state index in [9.17, 15) is 4.79 Å². The van der Waals surface area contributed by atoms with Gasteiger partial charge in [0.2, 0.25) is 5.91 Å². The van der Waals surface area contributed by atoms with Gasteiger partial charge in [0.1, 0.15) is 5.54 Å². The fourth-order valence-electron chi connectivity index (χ4n) is 3.53. The third kappa shape index (κ3) is 2.70. The maximum Gasteiger partial charge on any atom is 0.241 e. The second kappa shape index (κ2) is 6.16. The van der Waals surface area contributed by atoms with Crippen LogP contribution in [0.1, 0.15) is 31.2 Å². The summed E-state index contributed by atoms with van der Waals surface area (Å²) in [4.78, 5) is 15.2. The maximum absolute atomic E-state index is 12.8. The molecule has 1 aromatic carbocycles. The van der Waals surface area contributed by atoms with Crippen LogP contribution in [0.25, 0.3) is 0 Å². The number of nitrogens with zero attached hydrogens (tertiary/aromatic N) is 1. The number of nitrogens with one attached hydrogen (secondary N) is 2. The summed E-state index contributed by atoms with van der Waals surface area (Å²) in [5.74, 6) is 0.564. The molecule has 1 saturated carbocycles. The van der Waals surface area contributed by atoms with Crippen LogP contribution in [0.2, 0.25) is 0 Å². The second-order valence-corrected chi connectivity index (χ2v) is 6.08. The molecule has 1 saturated heterocycles. The first-order valence-corrected chi connectivity index (χ1v) is 8.08. The van der Waals surface area contributed by atoms with E-state index in [2.05, 4.69) is 46.7 Å². The number of rotatable bonds is 5. The Kier molecular flexibility index (Phi) is 4.27. The fourth-order valence-corrected chi connectivity index (χ4v) is 3.53. The van der Waals surface area contributed by atoms with Crippen LogP contribution >= 0.6 is 0 Å². The second-order valence-electron chi connectivity index (χ2n) is 6.08. The van der Waals surface area contributed by atoms with Gasteiger partial charge in [-0.1, -0.05) is 37.3 Å². The molecule has 0 aromatic heterocycles. The SMILES string of the molecule is CCCNC(=O)C1(N2CCNCC2)CC1c1ccccc1. The van der Waals surface area contributed by atoms with Gasteiger partial charge in [0.05, 0.1) is 0 Å². The number of hydrogen-bond acceptors (Lipinski definition) is 3. The first-order chi connectivity index (χ1) is 10.3. The molecular weight excluding hydrogens is 262 g/mol. The molecule has 1 aliphatic heterocycles. The van der Waals surface area contributed by atoms with Crippen LogP contribution in [0.5, 0.6) is 0 Å². The molecule has 2 N–H and O–H groups in total. The Bertz CT molecular complexity index is 484. The van der Waals surface area contributed by atoms with Crippen molar-refractivity contribution in [3.63, 3.8) is 0 Å². The molecule has 0 radical (unpaired) electrons. The highest BCUT2D eigenvalue weighted by Crippen LogP contribution is 2.55. The molecule has 2 atom stereocenters. The van der Waals surface area contributed by atoms with Gasteiger partial charge in [-0.25, -0.2) is 0 Å². The molecule has 1 aliphatic carbocycles. The zero-order chi connectivity index (χ0) is 14.7. The first kappa shape index (κ1) is 14.5. The lowest BCUT2D eigenvalue weighted by atomic mass is 10.0. The topological polar surface area (TPSA) is 44.4 Å². The lowest BCUT2D eigenvalue weighted by molar-refractivity contribution is -0.128. The van der Waals surface area contributed by atoms with Crippen LogP contribution < -0.4 is 10.6 Å². The summed E-state index contributed by atoms with van der Waals surface area (Å²) in [7, 11) is 0. The monoisotopic (exact) mass is 287 g/mol. The summed E-state index contributed by atoms with van der Waals surface area (Å²) in [5.41, 5.74) is 0.987. The van der Waals surface area contributed by atoms with E-state index in [0.29, 0.717) is 5.92 Å². The molecule has 0 bridgehead atoms. The molecule has 1 aromatic rings. The minimum Gasteiger partial charge on any atom is -0.354 e. The van der Waals surface area contributed by atoms with Crippen molar-refractivity contribution < 1.29 is 4.79 Å². The van der Waals surface area contributed by atoms with E-state index < -0.39 is 0 Å². The van der Waals surface area contributed by atoms with Crippen LogP contribution in [0.15, 0.2) is 30.3 Å². The molecule has 4 nitrogen and oxygen atoms in total. The summed E-state index contributed by atoms with van der Waals surface area (Å²) in [5, 5.41) is 6.51. The third-order valence-corrected chi connectivity index (χ3v) is 4.74. The van der Waals surface area contributed by atoms with Gasteiger partial charge in [0, 0.05) is 38.6 Å². The van der Waals surface area contributed by atoms with Crippen molar-refractivity contribution in [2.45, 2.75) is 31.2 Å². The van der Waals surface area contributed by atoms with Crippen LogP contribution in [0, 0.1) is 0 Å². The van der Waals surface area contributed by atoms with E-state index in [1.807, 2.05) is 6.07 Å². The average Bonchev–Trinajstić information content (AvgIpc) is 3.31. The van der Waals surface area contributed by atoms with Crippen LogP contribution in [0.3, 0.4) is 0 Å². The largest absolute Gasteiger partial charge is 0.354 e. The van der Waals surface area contributed by atoms with Crippen LogP contribution in [-0.2, 0) is 4.79 Å². The fraction of sp³-hybridized carbons (Fsp3) is 0.588. The van der Waals surface area contributed by atoms with Crippen molar-refractivity contribution in [2.75, 3.05) is 32.7 Å². The molecule has 2 aliphatic rings. The van der Waals surface area contributed by atoms with Crippen LogP contribution in [0.4, 0.5) is 0 Å². The Morgan fingerprint density at radius 1 is 1.33 bits per heavy atom. The predicted octanol–water partition coefficient (Wildman–Crippen LogP) is 1.34. The highest BCUT2D eigenvalue weighted by molar-refractivity contribution is 5.91. The van der Waals surface area contributed by atoms with E-state index in [1.54, 1.807) is 0 Å². The van der Waals surface area contributed by atoms with E-state index in [0.717, 1.165) is 45.6 Å². The molecule has 1 amide bonds. The van der Waals surface area contributed by atoms with Gasteiger partial charge < -0.3 is 10.6 Å². The smallest absolute Gasteiger partial charge is 0.241 e. The van der Waals surface area contributed by atoms with Crippen molar-refractivity contribution in [2.24, 2.45) is 0 Å². The number of carbonyl (C=O) groups excluding carboxylic acids is 1. The number of benzene rings is 1. The summed E-state index contributed by atoms with van der Waals surface area (Å²) in [6.45, 7) is 6.74. The lowest BCUT2D eigenvalue weighted by Gasteiger charge is -2.35. The molecule has 21 heavy (non-hydrogen) atoms. The Hall–Kier alpha value is -1.39. The van der Waals surface area contributed by atoms with Crippen molar-refractivity contribution in [3.05, 3.63) is 35.9 Å². The Morgan fingerprint density at radius 3 is 2.71 bits per heavy atom. The summed E-state index contributed by atoms with van der Waals surface area (Å²) < 4.78 is 0. The average molecular weight is 287 g/mol. The molecular formula is C17H25N3O. The van der Waals surface area contributed by atoms with Gasteiger partial charge in [-0.2, -0.15) is 0 Å². The van der Waals surface area contributed by atoms with Crippen molar-refractivity contribution in [1.82, 2.24) is 15.5 Å². The van der Waals surface area contributed by atoms with Gasteiger partial charge in [0.15, 0.2) is 0 Å². The van der Waals surface area contributed by atoms with E-state index in [4.69, 9.17) is 0 Å². The minimum atomic E-state index is -0.307. The highest BCUT2D eigenvalue weighted by atomic mass is 16.2. The molecule has 1 heterocycles. The first-order valence-electron chi connectivity index (χ1n) is 8.08. The van der Waals surface area contributed by atoms with Gasteiger partial charge >= 0.3 is 0 Å². The van der Waals surface area contributed by atoms with Gasteiger partial charge in [-0.05, 0) is 18.4 Å². The zero-order valence-electron chi connectivity index (χ0n) is 12.8. The van der Waals surface area contributed by atoms with Crippen molar-refractivity contribution in [1.29, 1.82) is 0 Å². The molecule has 114 valence electrons. The van der Waals surface area contributed by atoms with Crippen molar-refractivity contribution >= 4 is 5.91 Å². The van der Waals surface area contributed by atoms with Gasteiger partial charge in [0.25, 0.3) is 0 Å². The standard InChI is InChI=1S/C17H25N3O/c1-2-8-19-16(21)17(20-11-9-18-10-12-20)13-15(17)14-6-4-3-5-7-14/h3-7,15,18H,2,8-13H2,1H3,(H,19,21). The number of piperazine rings is 1. The Labute approximate surface area is 126 Å². The van der Waals surface area contributed by atoms with Crippen LogP contribution in [-0.4, -0.2) is 49.1 Å². The van der Waals surface area contributed by atoms with E-state index >= 15 is 0 Å². The van der Waals surface area contributed by atoms with Crippen molar-refractivity contribution in [3.8, 4) is 0 Å². The normalized spacial score (nSPS) is 29.1.